The van der Waals surface area contributed by atoms with Crippen LogP contribution in [0.3, 0.4) is 0 Å². The molecule has 0 radical (unpaired) electrons. The molecule has 0 saturated heterocycles. The van der Waals surface area contributed by atoms with Crippen molar-refractivity contribution in [3.8, 4) is 0 Å². The summed E-state index contributed by atoms with van der Waals surface area (Å²) in [7, 11) is 0. The molecule has 6 heteroatoms. The first-order chi connectivity index (χ1) is 12.0. The number of carboxylic acid groups (broad SMARTS) is 1. The minimum Gasteiger partial charge on any atom is -0.480 e. The molecule has 0 aliphatic carbocycles. The van der Waals surface area contributed by atoms with Crippen molar-refractivity contribution in [3.05, 3.63) is 29.8 Å². The van der Waals surface area contributed by atoms with E-state index in [1.54, 1.807) is 24.3 Å². The van der Waals surface area contributed by atoms with Crippen LogP contribution in [0.4, 0.5) is 5.69 Å². The number of carbonyl (C=O) groups excluding carboxylic acids is 2. The molecule has 6 nitrogen and oxygen atoms in total. The highest BCUT2D eigenvalue weighted by Gasteiger charge is 2.21. The molecule has 0 unspecified atom stereocenters. The molecule has 1 aromatic rings. The first-order valence-corrected chi connectivity index (χ1v) is 8.86. The molecule has 25 heavy (non-hydrogen) atoms. The van der Waals surface area contributed by atoms with Crippen LogP contribution in [0, 0.1) is 0 Å². The van der Waals surface area contributed by atoms with Gasteiger partial charge in [-0.1, -0.05) is 57.6 Å². The second-order valence-electron chi connectivity index (χ2n) is 6.15. The maximum atomic E-state index is 12.4. The Labute approximate surface area is 149 Å². The van der Waals surface area contributed by atoms with Crippen LogP contribution in [0.1, 0.15) is 69.2 Å². The van der Waals surface area contributed by atoms with E-state index >= 15 is 0 Å². The van der Waals surface area contributed by atoms with Gasteiger partial charge < -0.3 is 15.7 Å². The van der Waals surface area contributed by atoms with Crippen molar-refractivity contribution >= 4 is 23.5 Å². The molecule has 3 N–H and O–H groups in total. The first kappa shape index (κ1) is 20.7. The van der Waals surface area contributed by atoms with Gasteiger partial charge in [0, 0.05) is 6.92 Å². The summed E-state index contributed by atoms with van der Waals surface area (Å²) in [4.78, 5) is 35.1. The Balaban J connectivity index is 2.62. The molecule has 0 saturated carbocycles. The summed E-state index contributed by atoms with van der Waals surface area (Å²) in [6.45, 7) is 3.50. The fourth-order valence-electron chi connectivity index (χ4n) is 2.60. The van der Waals surface area contributed by atoms with Crippen LogP contribution in [0.2, 0.25) is 0 Å². The topological polar surface area (TPSA) is 95.5 Å². The number of hydrogen-bond acceptors (Lipinski definition) is 3. The highest BCUT2D eigenvalue weighted by atomic mass is 16.4. The molecule has 0 heterocycles. The summed E-state index contributed by atoms with van der Waals surface area (Å²) in [5, 5.41) is 14.5. The molecule has 138 valence electrons. The third-order valence-electron chi connectivity index (χ3n) is 3.93. The van der Waals surface area contributed by atoms with E-state index in [-0.39, 0.29) is 11.5 Å². The third-order valence-corrected chi connectivity index (χ3v) is 3.93. The van der Waals surface area contributed by atoms with E-state index in [4.69, 9.17) is 0 Å². The second-order valence-corrected chi connectivity index (χ2v) is 6.15. The molecule has 0 aliphatic heterocycles. The molecule has 0 spiro atoms. The number of nitrogens with one attached hydrogen (secondary N) is 2. The highest BCUT2D eigenvalue weighted by Crippen LogP contribution is 2.16. The standard InChI is InChI=1S/C19H28N2O4/c1-3-4-5-6-7-8-13-17(19(24)25)21-18(23)15-11-9-10-12-16(15)20-14(2)22/h9-12,17H,3-8,13H2,1-2H3,(H,20,22)(H,21,23)(H,24,25)/t17-/m0/s1. The van der Waals surface area contributed by atoms with Crippen LogP contribution in [-0.2, 0) is 9.59 Å². The Kier molecular flexibility index (Phi) is 9.29. The Morgan fingerprint density at radius 1 is 1.04 bits per heavy atom. The van der Waals surface area contributed by atoms with Crippen molar-refractivity contribution in [2.45, 2.75) is 64.8 Å². The summed E-state index contributed by atoms with van der Waals surface area (Å²) >= 11 is 0. The van der Waals surface area contributed by atoms with Gasteiger partial charge >= 0.3 is 5.97 Å². The van der Waals surface area contributed by atoms with Gasteiger partial charge in [-0.2, -0.15) is 0 Å². The maximum Gasteiger partial charge on any atom is 0.326 e. The number of benzene rings is 1. The number of anilines is 1. The SMILES string of the molecule is CCCCCCCC[C@H](NC(=O)c1ccccc1NC(C)=O)C(=O)O. The Morgan fingerprint density at radius 3 is 2.32 bits per heavy atom. The van der Waals surface area contributed by atoms with E-state index in [9.17, 15) is 19.5 Å². The zero-order chi connectivity index (χ0) is 18.7. The smallest absolute Gasteiger partial charge is 0.326 e. The zero-order valence-electron chi connectivity index (χ0n) is 15.0. The maximum absolute atomic E-state index is 12.4. The first-order valence-electron chi connectivity index (χ1n) is 8.86. The minimum absolute atomic E-state index is 0.256. The van der Waals surface area contributed by atoms with Gasteiger partial charge in [0.05, 0.1) is 11.3 Å². The van der Waals surface area contributed by atoms with Crippen LogP contribution in [0.15, 0.2) is 24.3 Å². The molecule has 1 atom stereocenters. The summed E-state index contributed by atoms with van der Waals surface area (Å²) in [5.41, 5.74) is 0.628. The number of carbonyl (C=O) groups is 3. The molecule has 1 aromatic carbocycles. The van der Waals surface area contributed by atoms with Gasteiger partial charge in [-0.15, -0.1) is 0 Å². The number of hydrogen-bond donors (Lipinski definition) is 3. The lowest BCUT2D eigenvalue weighted by Gasteiger charge is -2.16. The normalized spacial score (nSPS) is 11.6. The lowest BCUT2D eigenvalue weighted by atomic mass is 10.0. The number of rotatable bonds is 11. The van der Waals surface area contributed by atoms with E-state index in [0.29, 0.717) is 12.1 Å². The molecule has 0 bridgehead atoms. The van der Waals surface area contributed by atoms with Crippen molar-refractivity contribution in [1.82, 2.24) is 5.32 Å². The summed E-state index contributed by atoms with van der Waals surface area (Å²) in [6, 6.07) is 5.62. The van der Waals surface area contributed by atoms with E-state index in [0.717, 1.165) is 25.7 Å². The minimum atomic E-state index is -1.04. The monoisotopic (exact) mass is 348 g/mol. The Bertz CT molecular complexity index is 587. The lowest BCUT2D eigenvalue weighted by molar-refractivity contribution is -0.139. The molecule has 0 aliphatic rings. The molecule has 0 aromatic heterocycles. The predicted octanol–water partition coefficient (Wildman–Crippen LogP) is 3.58. The molecular formula is C19H28N2O4. The van der Waals surface area contributed by atoms with Crippen LogP contribution >= 0.6 is 0 Å². The average Bonchev–Trinajstić information content (AvgIpc) is 2.56. The quantitative estimate of drug-likeness (QED) is 0.533. The number of carboxylic acids is 1. The highest BCUT2D eigenvalue weighted by molar-refractivity contribution is 6.04. The lowest BCUT2D eigenvalue weighted by Crippen LogP contribution is -2.41. The van der Waals surface area contributed by atoms with E-state index < -0.39 is 17.9 Å². The van der Waals surface area contributed by atoms with Gasteiger partial charge in [-0.3, -0.25) is 9.59 Å². The fourth-order valence-corrected chi connectivity index (χ4v) is 2.60. The molecule has 1 rings (SSSR count). The van der Waals surface area contributed by atoms with Crippen molar-refractivity contribution in [2.75, 3.05) is 5.32 Å². The third kappa shape index (κ3) is 7.83. The Hall–Kier alpha value is -2.37. The van der Waals surface area contributed by atoms with Gasteiger partial charge in [0.15, 0.2) is 0 Å². The van der Waals surface area contributed by atoms with Crippen molar-refractivity contribution in [2.24, 2.45) is 0 Å². The summed E-state index contributed by atoms with van der Waals surface area (Å²) < 4.78 is 0. The van der Waals surface area contributed by atoms with Crippen LogP contribution in [0.5, 0.6) is 0 Å². The van der Waals surface area contributed by atoms with Crippen molar-refractivity contribution in [1.29, 1.82) is 0 Å². The number of para-hydroxylation sites is 1. The van der Waals surface area contributed by atoms with Crippen LogP contribution in [0.25, 0.3) is 0 Å². The van der Waals surface area contributed by atoms with Gasteiger partial charge in [-0.25, -0.2) is 4.79 Å². The summed E-state index contributed by atoms with van der Waals surface area (Å²) in [5.74, 6) is -1.83. The second kappa shape index (κ2) is 11.2. The molecular weight excluding hydrogens is 320 g/mol. The number of aliphatic carboxylic acids is 1. The largest absolute Gasteiger partial charge is 0.480 e. The van der Waals surface area contributed by atoms with Gasteiger partial charge in [0.25, 0.3) is 5.91 Å². The van der Waals surface area contributed by atoms with Crippen molar-refractivity contribution in [3.63, 3.8) is 0 Å². The molecule has 0 fully saturated rings. The number of amides is 2. The van der Waals surface area contributed by atoms with E-state index in [2.05, 4.69) is 17.6 Å². The zero-order valence-corrected chi connectivity index (χ0v) is 15.0. The number of unbranched alkanes of at least 4 members (excludes halogenated alkanes) is 5. The van der Waals surface area contributed by atoms with Gasteiger partial charge in [0.2, 0.25) is 5.91 Å². The fraction of sp³-hybridized carbons (Fsp3) is 0.526. The predicted molar refractivity (Wildman–Crippen MR) is 97.6 cm³/mol. The van der Waals surface area contributed by atoms with Gasteiger partial charge in [0.1, 0.15) is 6.04 Å². The van der Waals surface area contributed by atoms with Crippen molar-refractivity contribution < 1.29 is 19.5 Å². The summed E-state index contributed by atoms with van der Waals surface area (Å²) in [6.07, 6.45) is 6.72. The van der Waals surface area contributed by atoms with E-state index in [1.807, 2.05) is 0 Å². The average molecular weight is 348 g/mol. The van der Waals surface area contributed by atoms with Gasteiger partial charge in [-0.05, 0) is 18.6 Å². The van der Waals surface area contributed by atoms with Crippen LogP contribution < -0.4 is 10.6 Å². The Morgan fingerprint density at radius 2 is 1.68 bits per heavy atom. The molecule has 2 amide bonds. The van der Waals surface area contributed by atoms with E-state index in [1.165, 1.54) is 19.8 Å². The van der Waals surface area contributed by atoms with Crippen LogP contribution in [-0.4, -0.2) is 28.9 Å².